The van der Waals surface area contributed by atoms with Crippen molar-refractivity contribution in [2.75, 3.05) is 6.54 Å². The highest BCUT2D eigenvalue weighted by Crippen LogP contribution is 2.68. The molecule has 2 N–H and O–H groups in total. The van der Waals surface area contributed by atoms with E-state index in [-0.39, 0.29) is 26.5 Å². The number of halogens is 1. The first-order valence-corrected chi connectivity index (χ1v) is 9.53. The summed E-state index contributed by atoms with van der Waals surface area (Å²) in [6, 6.07) is 1.18. The van der Waals surface area contributed by atoms with Crippen molar-refractivity contribution in [1.82, 2.24) is 4.72 Å². The predicted molar refractivity (Wildman–Crippen MR) is 85.2 cm³/mol. The lowest BCUT2D eigenvalue weighted by molar-refractivity contribution is 0.0702. The van der Waals surface area contributed by atoms with Gasteiger partial charge >= 0.3 is 5.97 Å². The van der Waals surface area contributed by atoms with Gasteiger partial charge in [0.15, 0.2) is 0 Å². The summed E-state index contributed by atoms with van der Waals surface area (Å²) in [7, 11) is -3.71. The zero-order valence-corrected chi connectivity index (χ0v) is 15.4. The molecule has 8 heteroatoms. The van der Waals surface area contributed by atoms with Crippen molar-refractivity contribution >= 4 is 43.3 Å². The maximum atomic E-state index is 12.3. The number of hydrogen-bond donors (Lipinski definition) is 2. The van der Waals surface area contributed by atoms with Gasteiger partial charge in [0.2, 0.25) is 10.0 Å². The van der Waals surface area contributed by atoms with Crippen molar-refractivity contribution in [2.45, 2.75) is 32.6 Å². The average Bonchev–Trinajstić information content (AvgIpc) is 2.63. The standard InChI is InChI=1S/C13H18BrNO4S2/c1-12(2)9(13(12,3)4)6-15-21(18,19)8-5-7(11(16)17)20-10(8)14/h5,9,15H,6H2,1-4H3,(H,16,17). The number of carbonyl (C=O) groups is 1. The van der Waals surface area contributed by atoms with E-state index in [1.165, 1.54) is 6.07 Å². The van der Waals surface area contributed by atoms with Crippen LogP contribution in [0.1, 0.15) is 37.4 Å². The van der Waals surface area contributed by atoms with Crippen LogP contribution in [-0.4, -0.2) is 26.0 Å². The summed E-state index contributed by atoms with van der Waals surface area (Å²) in [5, 5.41) is 8.93. The van der Waals surface area contributed by atoms with Crippen LogP contribution in [0.5, 0.6) is 0 Å². The Hall–Kier alpha value is -0.440. The molecule has 5 nitrogen and oxygen atoms in total. The van der Waals surface area contributed by atoms with Crippen LogP contribution in [0, 0.1) is 16.7 Å². The highest BCUT2D eigenvalue weighted by Gasteiger charge is 2.64. The van der Waals surface area contributed by atoms with Gasteiger partial charge in [-0.1, -0.05) is 27.7 Å². The van der Waals surface area contributed by atoms with Gasteiger partial charge in [-0.15, -0.1) is 11.3 Å². The second-order valence-electron chi connectivity index (χ2n) is 6.40. The molecule has 1 aromatic heterocycles. The van der Waals surface area contributed by atoms with Gasteiger partial charge in [-0.3, -0.25) is 0 Å². The molecule has 1 saturated carbocycles. The van der Waals surface area contributed by atoms with Crippen molar-refractivity contribution < 1.29 is 18.3 Å². The zero-order valence-electron chi connectivity index (χ0n) is 12.2. The Bertz CT molecular complexity index is 677. The Morgan fingerprint density at radius 2 is 1.90 bits per heavy atom. The minimum absolute atomic E-state index is 0.00525. The molecule has 1 aromatic rings. The highest BCUT2D eigenvalue weighted by atomic mass is 79.9. The molecule has 1 aliphatic rings. The van der Waals surface area contributed by atoms with E-state index >= 15 is 0 Å². The minimum atomic E-state index is -3.71. The SMILES string of the molecule is CC1(C)C(CNS(=O)(=O)c2cc(C(=O)O)sc2Br)C1(C)C. The van der Waals surface area contributed by atoms with Crippen LogP contribution in [0.25, 0.3) is 0 Å². The number of carboxylic acid groups (broad SMARTS) is 1. The first-order chi connectivity index (χ1) is 9.41. The molecule has 0 aliphatic heterocycles. The molecule has 0 unspecified atom stereocenters. The van der Waals surface area contributed by atoms with E-state index < -0.39 is 16.0 Å². The van der Waals surface area contributed by atoms with Gasteiger partial charge in [0.25, 0.3) is 0 Å². The molecule has 1 heterocycles. The third-order valence-corrected chi connectivity index (χ3v) is 8.62. The van der Waals surface area contributed by atoms with Gasteiger partial charge in [-0.25, -0.2) is 17.9 Å². The number of thiophene rings is 1. The van der Waals surface area contributed by atoms with Gasteiger partial charge in [0, 0.05) is 6.54 Å². The minimum Gasteiger partial charge on any atom is -0.477 e. The topological polar surface area (TPSA) is 83.5 Å². The van der Waals surface area contributed by atoms with E-state index in [9.17, 15) is 13.2 Å². The van der Waals surface area contributed by atoms with E-state index in [1.807, 2.05) is 0 Å². The van der Waals surface area contributed by atoms with Gasteiger partial charge in [-0.05, 0) is 38.7 Å². The van der Waals surface area contributed by atoms with Crippen molar-refractivity contribution in [3.05, 3.63) is 14.7 Å². The molecule has 0 atom stereocenters. The van der Waals surface area contributed by atoms with Crippen LogP contribution >= 0.6 is 27.3 Å². The average molecular weight is 396 g/mol. The van der Waals surface area contributed by atoms with Crippen LogP contribution in [-0.2, 0) is 10.0 Å². The Balaban J connectivity index is 2.15. The normalized spacial score (nSPS) is 20.4. The Morgan fingerprint density at radius 3 is 2.29 bits per heavy atom. The molecule has 118 valence electrons. The monoisotopic (exact) mass is 395 g/mol. The Labute approximate surface area is 136 Å². The highest BCUT2D eigenvalue weighted by molar-refractivity contribution is 9.11. The number of nitrogens with one attached hydrogen (secondary N) is 1. The third kappa shape index (κ3) is 2.78. The van der Waals surface area contributed by atoms with E-state index in [2.05, 4.69) is 48.3 Å². The molecule has 0 spiro atoms. The molecule has 1 fully saturated rings. The summed E-state index contributed by atoms with van der Waals surface area (Å²) in [5.74, 6) is -0.872. The van der Waals surface area contributed by atoms with Gasteiger partial charge in [-0.2, -0.15) is 0 Å². The number of hydrogen-bond acceptors (Lipinski definition) is 4. The Morgan fingerprint density at radius 1 is 1.38 bits per heavy atom. The summed E-state index contributed by atoms with van der Waals surface area (Å²) in [6.07, 6.45) is 0. The van der Waals surface area contributed by atoms with Crippen molar-refractivity contribution in [1.29, 1.82) is 0 Å². The Kier molecular flexibility index (Phi) is 4.06. The summed E-state index contributed by atoms with van der Waals surface area (Å²) >= 11 is 4.02. The largest absolute Gasteiger partial charge is 0.477 e. The first-order valence-electron chi connectivity index (χ1n) is 6.43. The van der Waals surface area contributed by atoms with E-state index in [0.717, 1.165) is 11.3 Å². The first kappa shape index (κ1) is 16.9. The predicted octanol–water partition coefficient (Wildman–Crippen LogP) is 3.17. The molecule has 0 radical (unpaired) electrons. The van der Waals surface area contributed by atoms with E-state index in [0.29, 0.717) is 10.3 Å². The van der Waals surface area contributed by atoms with E-state index in [1.54, 1.807) is 0 Å². The lowest BCUT2D eigenvalue weighted by atomic mass is 10.0. The smallest absolute Gasteiger partial charge is 0.345 e. The molecular weight excluding hydrogens is 378 g/mol. The summed E-state index contributed by atoms with van der Waals surface area (Å²) in [5.41, 5.74) is 0.182. The lowest BCUT2D eigenvalue weighted by Crippen LogP contribution is -2.27. The van der Waals surface area contributed by atoms with Crippen molar-refractivity contribution in [3.8, 4) is 0 Å². The van der Waals surface area contributed by atoms with Crippen LogP contribution in [0.15, 0.2) is 14.7 Å². The van der Waals surface area contributed by atoms with Crippen LogP contribution in [0.2, 0.25) is 0 Å². The number of rotatable bonds is 5. The maximum absolute atomic E-state index is 12.3. The molecule has 2 rings (SSSR count). The number of aromatic carboxylic acids is 1. The molecule has 0 amide bonds. The van der Waals surface area contributed by atoms with Gasteiger partial charge in [0.05, 0.1) is 3.79 Å². The van der Waals surface area contributed by atoms with Gasteiger partial charge in [0.1, 0.15) is 9.77 Å². The quantitative estimate of drug-likeness (QED) is 0.801. The fourth-order valence-electron chi connectivity index (χ4n) is 2.76. The summed E-state index contributed by atoms with van der Waals surface area (Å²) in [6.45, 7) is 8.83. The zero-order chi connectivity index (χ0) is 16.2. The fourth-order valence-corrected chi connectivity index (χ4v) is 6.20. The summed E-state index contributed by atoms with van der Waals surface area (Å²) in [4.78, 5) is 10.9. The second-order valence-corrected chi connectivity index (χ2v) is 10.5. The molecule has 0 bridgehead atoms. The summed E-state index contributed by atoms with van der Waals surface area (Å²) < 4.78 is 27.5. The van der Waals surface area contributed by atoms with Crippen molar-refractivity contribution in [2.24, 2.45) is 16.7 Å². The van der Waals surface area contributed by atoms with Crippen LogP contribution < -0.4 is 4.72 Å². The molecule has 21 heavy (non-hydrogen) atoms. The fraction of sp³-hybridized carbons (Fsp3) is 0.615. The van der Waals surface area contributed by atoms with Gasteiger partial charge < -0.3 is 5.11 Å². The molecule has 0 aromatic carbocycles. The van der Waals surface area contributed by atoms with Crippen molar-refractivity contribution in [3.63, 3.8) is 0 Å². The maximum Gasteiger partial charge on any atom is 0.345 e. The number of sulfonamides is 1. The molecular formula is C13H18BrNO4S2. The third-order valence-electron chi connectivity index (χ3n) is 4.95. The lowest BCUT2D eigenvalue weighted by Gasteiger charge is -2.06. The van der Waals surface area contributed by atoms with Crippen LogP contribution in [0.4, 0.5) is 0 Å². The molecule has 0 saturated heterocycles. The number of carboxylic acids is 1. The van der Waals surface area contributed by atoms with E-state index in [4.69, 9.17) is 5.11 Å². The second kappa shape index (κ2) is 5.04. The van der Waals surface area contributed by atoms with Crippen LogP contribution in [0.3, 0.4) is 0 Å². The molecule has 1 aliphatic carbocycles.